The summed E-state index contributed by atoms with van der Waals surface area (Å²) in [4.78, 5) is 6.39. The van der Waals surface area contributed by atoms with Crippen LogP contribution >= 0.6 is 0 Å². The predicted molar refractivity (Wildman–Crippen MR) is 63.1 cm³/mol. The van der Waals surface area contributed by atoms with Crippen LogP contribution in [-0.2, 0) is 0 Å². The monoisotopic (exact) mass is 203 g/mol. The molecular weight excluding hydrogens is 186 g/mol. The zero-order valence-electron chi connectivity index (χ0n) is 9.06. The molecule has 80 valence electrons. The van der Waals surface area contributed by atoms with E-state index in [9.17, 15) is 0 Å². The molecule has 0 atom stereocenters. The van der Waals surface area contributed by atoms with Crippen molar-refractivity contribution in [1.29, 1.82) is 0 Å². The van der Waals surface area contributed by atoms with Crippen LogP contribution in [0.15, 0.2) is 35.3 Å². The molecule has 3 heteroatoms. The first-order valence-electron chi connectivity index (χ1n) is 5.36. The van der Waals surface area contributed by atoms with Gasteiger partial charge in [-0.3, -0.25) is 0 Å². The van der Waals surface area contributed by atoms with Crippen molar-refractivity contribution in [2.24, 2.45) is 16.6 Å². The number of hydrogen-bond acceptors (Lipinski definition) is 1. The van der Waals surface area contributed by atoms with Gasteiger partial charge in [-0.05, 0) is 30.9 Å². The minimum atomic E-state index is 0.605. The quantitative estimate of drug-likeness (QED) is 0.603. The molecule has 0 heterocycles. The Balaban J connectivity index is 1.99. The highest BCUT2D eigenvalue weighted by Crippen LogP contribution is 2.29. The first-order valence-corrected chi connectivity index (χ1v) is 5.36. The van der Waals surface area contributed by atoms with Gasteiger partial charge in [0.15, 0.2) is 5.96 Å². The van der Waals surface area contributed by atoms with Gasteiger partial charge in [0.25, 0.3) is 0 Å². The molecule has 0 aliphatic heterocycles. The lowest BCUT2D eigenvalue weighted by Crippen LogP contribution is -2.35. The molecule has 0 aromatic heterocycles. The Morgan fingerprint density at radius 1 is 1.40 bits per heavy atom. The second-order valence-electron chi connectivity index (χ2n) is 4.13. The van der Waals surface area contributed by atoms with E-state index >= 15 is 0 Å². The topological polar surface area (TPSA) is 41.6 Å². The van der Waals surface area contributed by atoms with E-state index < -0.39 is 0 Å². The normalized spacial score (nSPS) is 16.5. The number of hydrogen-bond donors (Lipinski definition) is 1. The smallest absolute Gasteiger partial charge is 0.196 e. The SMILES string of the molecule is CN(CC1CC1)C(N)=Nc1ccccc1. The van der Waals surface area contributed by atoms with Crippen LogP contribution < -0.4 is 5.73 Å². The summed E-state index contributed by atoms with van der Waals surface area (Å²) in [6, 6.07) is 9.82. The molecule has 3 nitrogen and oxygen atoms in total. The van der Waals surface area contributed by atoms with E-state index in [1.54, 1.807) is 0 Å². The van der Waals surface area contributed by atoms with E-state index in [1.165, 1.54) is 12.8 Å². The van der Waals surface area contributed by atoms with Crippen LogP contribution in [0.1, 0.15) is 12.8 Å². The molecule has 0 amide bonds. The van der Waals surface area contributed by atoms with Crippen molar-refractivity contribution in [2.45, 2.75) is 12.8 Å². The number of para-hydroxylation sites is 1. The van der Waals surface area contributed by atoms with Crippen molar-refractivity contribution < 1.29 is 0 Å². The van der Waals surface area contributed by atoms with Gasteiger partial charge in [0, 0.05) is 13.6 Å². The Kier molecular flexibility index (Phi) is 2.90. The van der Waals surface area contributed by atoms with E-state index in [0.717, 1.165) is 18.2 Å². The van der Waals surface area contributed by atoms with Gasteiger partial charge in [-0.2, -0.15) is 0 Å². The van der Waals surface area contributed by atoms with Crippen LogP contribution in [0.3, 0.4) is 0 Å². The third kappa shape index (κ3) is 2.98. The molecule has 1 fully saturated rings. The van der Waals surface area contributed by atoms with Gasteiger partial charge in [0.1, 0.15) is 0 Å². The van der Waals surface area contributed by atoms with Crippen molar-refractivity contribution in [3.05, 3.63) is 30.3 Å². The van der Waals surface area contributed by atoms with Crippen molar-refractivity contribution in [3.8, 4) is 0 Å². The van der Waals surface area contributed by atoms with Gasteiger partial charge >= 0.3 is 0 Å². The molecule has 0 bridgehead atoms. The summed E-state index contributed by atoms with van der Waals surface area (Å²) in [6.45, 7) is 1.03. The number of aliphatic imine (C=N–C) groups is 1. The van der Waals surface area contributed by atoms with Gasteiger partial charge in [-0.25, -0.2) is 4.99 Å². The highest BCUT2D eigenvalue weighted by atomic mass is 15.2. The van der Waals surface area contributed by atoms with Gasteiger partial charge in [0.2, 0.25) is 0 Å². The van der Waals surface area contributed by atoms with Gasteiger partial charge < -0.3 is 10.6 Å². The number of guanidine groups is 1. The summed E-state index contributed by atoms with van der Waals surface area (Å²) in [5.41, 5.74) is 6.82. The average Bonchev–Trinajstić information content (AvgIpc) is 3.03. The maximum Gasteiger partial charge on any atom is 0.196 e. The number of nitrogens with zero attached hydrogens (tertiary/aromatic N) is 2. The minimum absolute atomic E-state index is 0.605. The molecule has 1 aromatic rings. The third-order valence-electron chi connectivity index (χ3n) is 2.62. The standard InChI is InChI=1S/C12H17N3/c1-15(9-10-7-8-10)12(13)14-11-5-3-2-4-6-11/h2-6,10H,7-9H2,1H3,(H2,13,14). The second-order valence-corrected chi connectivity index (χ2v) is 4.13. The molecular formula is C12H17N3. The molecule has 2 rings (SSSR count). The summed E-state index contributed by atoms with van der Waals surface area (Å²) in [7, 11) is 2.00. The van der Waals surface area contributed by atoms with Crippen LogP contribution in [0, 0.1) is 5.92 Å². The summed E-state index contributed by atoms with van der Waals surface area (Å²) in [5.74, 6) is 1.44. The van der Waals surface area contributed by atoms with Crippen LogP contribution in [0.2, 0.25) is 0 Å². The Morgan fingerprint density at radius 3 is 2.67 bits per heavy atom. The van der Waals surface area contributed by atoms with E-state index in [2.05, 4.69) is 4.99 Å². The molecule has 2 N–H and O–H groups in total. The van der Waals surface area contributed by atoms with Crippen LogP contribution in [0.25, 0.3) is 0 Å². The first-order chi connectivity index (χ1) is 7.25. The maximum atomic E-state index is 5.90. The zero-order valence-corrected chi connectivity index (χ0v) is 9.06. The van der Waals surface area contributed by atoms with Crippen LogP contribution in [0.5, 0.6) is 0 Å². The van der Waals surface area contributed by atoms with E-state index in [1.807, 2.05) is 42.3 Å². The predicted octanol–water partition coefficient (Wildman–Crippen LogP) is 1.97. The van der Waals surface area contributed by atoms with Crippen molar-refractivity contribution in [3.63, 3.8) is 0 Å². The van der Waals surface area contributed by atoms with E-state index in [4.69, 9.17) is 5.73 Å². The fourth-order valence-corrected chi connectivity index (χ4v) is 1.50. The number of benzene rings is 1. The molecule has 1 saturated carbocycles. The lowest BCUT2D eigenvalue weighted by atomic mass is 10.3. The molecule has 0 spiro atoms. The third-order valence-corrected chi connectivity index (χ3v) is 2.62. The van der Waals surface area contributed by atoms with Crippen molar-refractivity contribution in [1.82, 2.24) is 4.90 Å². The minimum Gasteiger partial charge on any atom is -0.369 e. The molecule has 0 radical (unpaired) electrons. The van der Waals surface area contributed by atoms with Crippen LogP contribution in [0.4, 0.5) is 5.69 Å². The first kappa shape index (κ1) is 10.0. The fourth-order valence-electron chi connectivity index (χ4n) is 1.50. The Morgan fingerprint density at radius 2 is 2.07 bits per heavy atom. The molecule has 0 unspecified atom stereocenters. The highest BCUT2D eigenvalue weighted by Gasteiger charge is 2.23. The number of rotatable bonds is 3. The molecule has 15 heavy (non-hydrogen) atoms. The zero-order chi connectivity index (χ0) is 10.7. The fraction of sp³-hybridized carbons (Fsp3) is 0.417. The maximum absolute atomic E-state index is 5.90. The lowest BCUT2D eigenvalue weighted by Gasteiger charge is -2.17. The Labute approximate surface area is 90.6 Å². The summed E-state index contributed by atoms with van der Waals surface area (Å²) in [5, 5.41) is 0. The second kappa shape index (κ2) is 4.34. The molecule has 1 aliphatic rings. The molecule has 1 aliphatic carbocycles. The lowest BCUT2D eigenvalue weighted by molar-refractivity contribution is 0.470. The van der Waals surface area contributed by atoms with E-state index in [0.29, 0.717) is 5.96 Å². The van der Waals surface area contributed by atoms with Gasteiger partial charge in [0.05, 0.1) is 5.69 Å². The van der Waals surface area contributed by atoms with Crippen molar-refractivity contribution in [2.75, 3.05) is 13.6 Å². The summed E-state index contributed by atoms with van der Waals surface area (Å²) < 4.78 is 0. The Bertz CT molecular complexity index is 341. The van der Waals surface area contributed by atoms with Crippen molar-refractivity contribution >= 4 is 11.6 Å². The molecule has 0 saturated heterocycles. The van der Waals surface area contributed by atoms with E-state index in [-0.39, 0.29) is 0 Å². The summed E-state index contributed by atoms with van der Waals surface area (Å²) in [6.07, 6.45) is 2.67. The van der Waals surface area contributed by atoms with Gasteiger partial charge in [-0.1, -0.05) is 18.2 Å². The molecule has 1 aromatic carbocycles. The Hall–Kier alpha value is -1.51. The summed E-state index contributed by atoms with van der Waals surface area (Å²) >= 11 is 0. The highest BCUT2D eigenvalue weighted by molar-refractivity contribution is 5.80. The largest absolute Gasteiger partial charge is 0.369 e. The van der Waals surface area contributed by atoms with Crippen LogP contribution in [-0.4, -0.2) is 24.5 Å². The number of nitrogens with two attached hydrogens (primary N) is 1. The van der Waals surface area contributed by atoms with Gasteiger partial charge in [-0.15, -0.1) is 0 Å². The average molecular weight is 203 g/mol.